The number of rotatable bonds is 5. The molecule has 1 aliphatic heterocycles. The average molecular weight is 302 g/mol. The summed E-state index contributed by atoms with van der Waals surface area (Å²) in [6.07, 6.45) is 2.53. The lowest BCUT2D eigenvalue weighted by molar-refractivity contribution is 0.105. The zero-order valence-corrected chi connectivity index (χ0v) is 13.0. The lowest BCUT2D eigenvalue weighted by atomic mass is 10.00. The molecule has 0 aliphatic carbocycles. The van der Waals surface area contributed by atoms with E-state index in [9.17, 15) is 0 Å². The van der Waals surface area contributed by atoms with Crippen LogP contribution in [0.2, 0.25) is 10.0 Å². The molecule has 0 spiro atoms. The summed E-state index contributed by atoms with van der Waals surface area (Å²) >= 11 is 12.0. The van der Waals surface area contributed by atoms with Crippen LogP contribution in [0.4, 0.5) is 0 Å². The van der Waals surface area contributed by atoms with E-state index in [0.29, 0.717) is 28.1 Å². The van der Waals surface area contributed by atoms with Crippen LogP contribution in [0.3, 0.4) is 0 Å². The van der Waals surface area contributed by atoms with Gasteiger partial charge in [-0.1, -0.05) is 36.2 Å². The minimum atomic E-state index is 0.322. The number of hydrogen-bond acceptors (Lipinski definition) is 2. The molecule has 1 saturated heterocycles. The summed E-state index contributed by atoms with van der Waals surface area (Å²) in [7, 11) is 0. The minimum Gasteiger partial charge on any atom is -0.378 e. The van der Waals surface area contributed by atoms with E-state index in [-0.39, 0.29) is 0 Å². The third kappa shape index (κ3) is 3.85. The van der Waals surface area contributed by atoms with Gasteiger partial charge in [0.1, 0.15) is 0 Å². The maximum Gasteiger partial charge on any atom is 0.0595 e. The smallest absolute Gasteiger partial charge is 0.0595 e. The molecule has 2 rings (SSSR count). The van der Waals surface area contributed by atoms with Crippen LogP contribution in [-0.4, -0.2) is 19.3 Å². The van der Waals surface area contributed by atoms with Crippen molar-refractivity contribution in [1.29, 1.82) is 0 Å². The molecule has 19 heavy (non-hydrogen) atoms. The van der Waals surface area contributed by atoms with Crippen molar-refractivity contribution < 1.29 is 4.74 Å². The number of benzene rings is 1. The number of halogens is 2. The minimum absolute atomic E-state index is 0.322. The van der Waals surface area contributed by atoms with Gasteiger partial charge in [-0.25, -0.2) is 0 Å². The third-order valence-electron chi connectivity index (χ3n) is 3.91. The van der Waals surface area contributed by atoms with Gasteiger partial charge in [0, 0.05) is 19.2 Å². The van der Waals surface area contributed by atoms with Crippen molar-refractivity contribution in [2.75, 3.05) is 13.2 Å². The second kappa shape index (κ2) is 6.94. The highest BCUT2D eigenvalue weighted by atomic mass is 35.5. The van der Waals surface area contributed by atoms with Gasteiger partial charge >= 0.3 is 0 Å². The van der Waals surface area contributed by atoms with Gasteiger partial charge in [-0.2, -0.15) is 0 Å². The molecule has 1 aliphatic rings. The van der Waals surface area contributed by atoms with Gasteiger partial charge in [0.05, 0.1) is 16.1 Å². The monoisotopic (exact) mass is 301 g/mol. The molecule has 0 bridgehead atoms. The van der Waals surface area contributed by atoms with Gasteiger partial charge in [-0.05, 0) is 43.4 Å². The number of hydrogen-bond donors (Lipinski definition) is 1. The van der Waals surface area contributed by atoms with Crippen LogP contribution in [0.15, 0.2) is 18.2 Å². The Labute approximate surface area is 125 Å². The van der Waals surface area contributed by atoms with E-state index in [1.165, 1.54) is 5.56 Å². The van der Waals surface area contributed by atoms with Gasteiger partial charge in [0.15, 0.2) is 0 Å². The Bertz CT molecular complexity index is 425. The molecule has 0 radical (unpaired) electrons. The molecular weight excluding hydrogens is 281 g/mol. The van der Waals surface area contributed by atoms with Gasteiger partial charge in [0.2, 0.25) is 0 Å². The van der Waals surface area contributed by atoms with Gasteiger partial charge in [0.25, 0.3) is 0 Å². The van der Waals surface area contributed by atoms with E-state index in [2.05, 4.69) is 19.2 Å². The van der Waals surface area contributed by atoms with E-state index in [1.54, 1.807) is 0 Å². The maximum atomic E-state index is 6.09. The molecule has 0 saturated carbocycles. The number of nitrogens with one attached hydrogen (secondary N) is 1. The van der Waals surface area contributed by atoms with Crippen LogP contribution in [-0.2, 0) is 4.74 Å². The topological polar surface area (TPSA) is 21.3 Å². The molecule has 2 nitrogen and oxygen atoms in total. The summed E-state index contributed by atoms with van der Waals surface area (Å²) in [5.41, 5.74) is 1.20. The fraction of sp³-hybridized carbons (Fsp3) is 0.600. The molecule has 4 heteroatoms. The van der Waals surface area contributed by atoms with Crippen LogP contribution in [0.5, 0.6) is 0 Å². The van der Waals surface area contributed by atoms with Gasteiger partial charge < -0.3 is 10.1 Å². The van der Waals surface area contributed by atoms with E-state index in [1.807, 2.05) is 18.2 Å². The van der Waals surface area contributed by atoms with Crippen LogP contribution in [0.25, 0.3) is 0 Å². The fourth-order valence-corrected chi connectivity index (χ4v) is 2.87. The predicted molar refractivity (Wildman–Crippen MR) is 81.0 cm³/mol. The Morgan fingerprint density at radius 2 is 2.16 bits per heavy atom. The summed E-state index contributed by atoms with van der Waals surface area (Å²) in [4.78, 5) is 0. The summed E-state index contributed by atoms with van der Waals surface area (Å²) < 4.78 is 5.59. The van der Waals surface area contributed by atoms with Crippen molar-refractivity contribution in [2.24, 2.45) is 5.92 Å². The lowest BCUT2D eigenvalue weighted by Gasteiger charge is -2.22. The van der Waals surface area contributed by atoms with Gasteiger partial charge in [-0.3, -0.25) is 0 Å². The van der Waals surface area contributed by atoms with Gasteiger partial charge in [-0.15, -0.1) is 0 Å². The second-order valence-corrected chi connectivity index (χ2v) is 5.98. The quantitative estimate of drug-likeness (QED) is 0.867. The van der Waals surface area contributed by atoms with Crippen LogP contribution < -0.4 is 5.32 Å². The highest BCUT2D eigenvalue weighted by Crippen LogP contribution is 2.27. The van der Waals surface area contributed by atoms with Crippen molar-refractivity contribution in [2.45, 2.75) is 38.8 Å². The van der Waals surface area contributed by atoms with Crippen molar-refractivity contribution in [1.82, 2.24) is 5.32 Å². The zero-order chi connectivity index (χ0) is 13.8. The highest BCUT2D eigenvalue weighted by Gasteiger charge is 2.24. The molecule has 1 aromatic carbocycles. The first-order chi connectivity index (χ1) is 9.11. The van der Waals surface area contributed by atoms with E-state index in [0.717, 1.165) is 26.0 Å². The Morgan fingerprint density at radius 1 is 1.37 bits per heavy atom. The first-order valence-corrected chi connectivity index (χ1v) is 7.67. The standard InChI is InChI=1S/C15H21Cl2NO/c1-3-15(11-4-5-13(16)14(17)8-11)18-9-12-6-7-19-10(12)2/h4-5,8,10,12,15,18H,3,6-7,9H2,1-2H3. The third-order valence-corrected chi connectivity index (χ3v) is 4.65. The lowest BCUT2D eigenvalue weighted by Crippen LogP contribution is -2.30. The van der Waals surface area contributed by atoms with Crippen LogP contribution >= 0.6 is 23.2 Å². The molecule has 1 N–H and O–H groups in total. The fourth-order valence-electron chi connectivity index (χ4n) is 2.56. The number of ether oxygens (including phenoxy) is 1. The van der Waals surface area contributed by atoms with E-state index in [4.69, 9.17) is 27.9 Å². The highest BCUT2D eigenvalue weighted by molar-refractivity contribution is 6.42. The first-order valence-electron chi connectivity index (χ1n) is 6.91. The SMILES string of the molecule is CCC(NCC1CCOC1C)c1ccc(Cl)c(Cl)c1. The average Bonchev–Trinajstić information content (AvgIpc) is 2.80. The molecule has 0 amide bonds. The normalized spacial score (nSPS) is 24.6. The van der Waals surface area contributed by atoms with Crippen LogP contribution in [0, 0.1) is 5.92 Å². The maximum absolute atomic E-state index is 6.09. The summed E-state index contributed by atoms with van der Waals surface area (Å²) in [5.74, 6) is 0.608. The Morgan fingerprint density at radius 3 is 2.74 bits per heavy atom. The van der Waals surface area contributed by atoms with E-state index >= 15 is 0 Å². The molecular formula is C15H21Cl2NO. The molecule has 3 atom stereocenters. The first kappa shape index (κ1) is 15.1. The Hall–Kier alpha value is -0.280. The predicted octanol–water partition coefficient (Wildman–Crippen LogP) is 4.46. The van der Waals surface area contributed by atoms with Crippen molar-refractivity contribution in [3.8, 4) is 0 Å². The Kier molecular flexibility index (Phi) is 5.52. The van der Waals surface area contributed by atoms with Crippen molar-refractivity contribution in [3.63, 3.8) is 0 Å². The zero-order valence-electron chi connectivity index (χ0n) is 11.5. The summed E-state index contributed by atoms with van der Waals surface area (Å²) in [5, 5.41) is 4.85. The van der Waals surface area contributed by atoms with Crippen LogP contribution in [0.1, 0.15) is 38.3 Å². The molecule has 1 heterocycles. The largest absolute Gasteiger partial charge is 0.378 e. The Balaban J connectivity index is 1.97. The molecule has 106 valence electrons. The molecule has 1 fully saturated rings. The second-order valence-electron chi connectivity index (χ2n) is 5.17. The van der Waals surface area contributed by atoms with Crippen molar-refractivity contribution in [3.05, 3.63) is 33.8 Å². The van der Waals surface area contributed by atoms with Crippen molar-refractivity contribution >= 4 is 23.2 Å². The molecule has 3 unspecified atom stereocenters. The summed E-state index contributed by atoms with van der Waals surface area (Å²) in [6, 6.07) is 6.19. The summed E-state index contributed by atoms with van der Waals surface area (Å²) in [6.45, 7) is 6.20. The molecule has 1 aromatic rings. The molecule has 0 aromatic heterocycles. The van der Waals surface area contributed by atoms with E-state index < -0.39 is 0 Å².